The molecule has 20 heavy (non-hydrogen) atoms. The van der Waals surface area contributed by atoms with Crippen molar-refractivity contribution in [2.45, 2.75) is 58.2 Å². The SMILES string of the molecule is CC(C)N(CC1CCCCN1)C(C)c1ccc(F)cn1. The first-order valence-electron chi connectivity index (χ1n) is 7.68. The minimum Gasteiger partial charge on any atom is -0.313 e. The molecule has 0 bridgehead atoms. The molecule has 1 aromatic heterocycles. The number of halogens is 1. The van der Waals surface area contributed by atoms with Gasteiger partial charge in [0.15, 0.2) is 0 Å². The van der Waals surface area contributed by atoms with Gasteiger partial charge in [0.25, 0.3) is 0 Å². The molecule has 2 atom stereocenters. The molecule has 4 heteroatoms. The van der Waals surface area contributed by atoms with Gasteiger partial charge in [0.1, 0.15) is 5.82 Å². The number of piperidine rings is 1. The van der Waals surface area contributed by atoms with Gasteiger partial charge in [-0.1, -0.05) is 6.42 Å². The maximum absolute atomic E-state index is 13.0. The normalized spacial score (nSPS) is 21.4. The second-order valence-electron chi connectivity index (χ2n) is 6.01. The molecule has 0 radical (unpaired) electrons. The zero-order valence-corrected chi connectivity index (χ0v) is 12.8. The zero-order chi connectivity index (χ0) is 14.5. The Labute approximate surface area is 121 Å². The number of nitrogens with zero attached hydrogens (tertiary/aromatic N) is 2. The highest BCUT2D eigenvalue weighted by Gasteiger charge is 2.24. The summed E-state index contributed by atoms with van der Waals surface area (Å²) in [4.78, 5) is 6.69. The molecule has 0 spiro atoms. The van der Waals surface area contributed by atoms with E-state index >= 15 is 0 Å². The fourth-order valence-electron chi connectivity index (χ4n) is 2.95. The highest BCUT2D eigenvalue weighted by molar-refractivity contribution is 5.09. The number of aromatic nitrogens is 1. The summed E-state index contributed by atoms with van der Waals surface area (Å²) in [5.41, 5.74) is 0.941. The van der Waals surface area contributed by atoms with Crippen LogP contribution in [0.25, 0.3) is 0 Å². The van der Waals surface area contributed by atoms with Crippen LogP contribution >= 0.6 is 0 Å². The minimum absolute atomic E-state index is 0.208. The van der Waals surface area contributed by atoms with Crippen LogP contribution < -0.4 is 5.32 Å². The smallest absolute Gasteiger partial charge is 0.141 e. The molecule has 3 nitrogen and oxygen atoms in total. The van der Waals surface area contributed by atoms with Gasteiger partial charge < -0.3 is 5.32 Å². The summed E-state index contributed by atoms with van der Waals surface area (Å²) in [6.45, 7) is 8.73. The lowest BCUT2D eigenvalue weighted by molar-refractivity contribution is 0.135. The van der Waals surface area contributed by atoms with E-state index in [0.717, 1.165) is 18.8 Å². The largest absolute Gasteiger partial charge is 0.313 e. The van der Waals surface area contributed by atoms with Gasteiger partial charge in [-0.25, -0.2) is 4.39 Å². The fourth-order valence-corrected chi connectivity index (χ4v) is 2.95. The van der Waals surface area contributed by atoms with E-state index < -0.39 is 0 Å². The average molecular weight is 279 g/mol. The van der Waals surface area contributed by atoms with Gasteiger partial charge in [0.2, 0.25) is 0 Å². The third-order valence-electron chi connectivity index (χ3n) is 4.18. The van der Waals surface area contributed by atoms with Crippen LogP contribution in [0.5, 0.6) is 0 Å². The van der Waals surface area contributed by atoms with Crippen LogP contribution in [0.4, 0.5) is 4.39 Å². The molecule has 1 aliphatic rings. The molecule has 0 saturated carbocycles. The Hall–Kier alpha value is -1.00. The van der Waals surface area contributed by atoms with Crippen molar-refractivity contribution in [2.24, 2.45) is 0 Å². The molecule has 1 N–H and O–H groups in total. The summed E-state index contributed by atoms with van der Waals surface area (Å²) in [5.74, 6) is -0.272. The van der Waals surface area contributed by atoms with Gasteiger partial charge >= 0.3 is 0 Å². The van der Waals surface area contributed by atoms with Crippen molar-refractivity contribution in [3.63, 3.8) is 0 Å². The standard InChI is InChI=1S/C16H26FN3/c1-12(2)20(11-15-6-4-5-9-18-15)13(3)16-8-7-14(17)10-19-16/h7-8,10,12-13,15,18H,4-6,9,11H2,1-3H3. The van der Waals surface area contributed by atoms with E-state index in [1.165, 1.54) is 31.5 Å². The van der Waals surface area contributed by atoms with Crippen LogP contribution in [0.15, 0.2) is 18.3 Å². The Kier molecular flexibility index (Phi) is 5.49. The second-order valence-corrected chi connectivity index (χ2v) is 6.01. The summed E-state index contributed by atoms with van der Waals surface area (Å²) in [6.07, 6.45) is 5.15. The van der Waals surface area contributed by atoms with Crippen LogP contribution in [0.2, 0.25) is 0 Å². The molecule has 2 unspecified atom stereocenters. The molecule has 1 aromatic rings. The van der Waals surface area contributed by atoms with E-state index in [1.54, 1.807) is 6.07 Å². The summed E-state index contributed by atoms with van der Waals surface area (Å²) in [6, 6.07) is 4.51. The Bertz CT molecular complexity index is 399. The molecular weight excluding hydrogens is 253 g/mol. The van der Waals surface area contributed by atoms with E-state index in [2.05, 4.69) is 36.0 Å². The Morgan fingerprint density at radius 3 is 2.70 bits per heavy atom. The third-order valence-corrected chi connectivity index (χ3v) is 4.18. The molecule has 2 heterocycles. The maximum Gasteiger partial charge on any atom is 0.141 e. The van der Waals surface area contributed by atoms with Crippen LogP contribution in [-0.4, -0.2) is 35.1 Å². The Balaban J connectivity index is 2.04. The number of hydrogen-bond donors (Lipinski definition) is 1. The molecule has 0 amide bonds. The van der Waals surface area contributed by atoms with E-state index in [-0.39, 0.29) is 11.9 Å². The predicted octanol–water partition coefficient (Wildman–Crippen LogP) is 3.13. The number of hydrogen-bond acceptors (Lipinski definition) is 3. The minimum atomic E-state index is -0.272. The van der Waals surface area contributed by atoms with Crippen molar-refractivity contribution >= 4 is 0 Å². The first-order valence-corrected chi connectivity index (χ1v) is 7.68. The highest BCUT2D eigenvalue weighted by atomic mass is 19.1. The van der Waals surface area contributed by atoms with Crippen LogP contribution in [0, 0.1) is 5.82 Å². The maximum atomic E-state index is 13.0. The summed E-state index contributed by atoms with van der Waals surface area (Å²) in [7, 11) is 0. The van der Waals surface area contributed by atoms with Gasteiger partial charge in [0.05, 0.1) is 11.9 Å². The van der Waals surface area contributed by atoms with Gasteiger partial charge in [-0.3, -0.25) is 9.88 Å². The molecule has 0 aromatic carbocycles. The monoisotopic (exact) mass is 279 g/mol. The fraction of sp³-hybridized carbons (Fsp3) is 0.688. The van der Waals surface area contributed by atoms with Crippen molar-refractivity contribution < 1.29 is 4.39 Å². The van der Waals surface area contributed by atoms with E-state index in [9.17, 15) is 4.39 Å². The van der Waals surface area contributed by atoms with Gasteiger partial charge in [-0.05, 0) is 52.3 Å². The van der Waals surface area contributed by atoms with Crippen LogP contribution in [-0.2, 0) is 0 Å². The molecule has 0 aliphatic carbocycles. The van der Waals surface area contributed by atoms with E-state index in [1.807, 2.05) is 0 Å². The summed E-state index contributed by atoms with van der Waals surface area (Å²) < 4.78 is 13.0. The molecular formula is C16H26FN3. The van der Waals surface area contributed by atoms with Crippen molar-refractivity contribution in [3.05, 3.63) is 29.8 Å². The topological polar surface area (TPSA) is 28.2 Å². The Morgan fingerprint density at radius 1 is 1.35 bits per heavy atom. The lowest BCUT2D eigenvalue weighted by atomic mass is 10.0. The first-order chi connectivity index (χ1) is 9.58. The summed E-state index contributed by atoms with van der Waals surface area (Å²) >= 11 is 0. The highest BCUT2D eigenvalue weighted by Crippen LogP contribution is 2.22. The van der Waals surface area contributed by atoms with Crippen molar-refractivity contribution in [3.8, 4) is 0 Å². The molecule has 112 valence electrons. The second kappa shape index (κ2) is 7.14. The number of pyridine rings is 1. The number of nitrogens with one attached hydrogen (secondary N) is 1. The lowest BCUT2D eigenvalue weighted by Gasteiger charge is -2.37. The predicted molar refractivity (Wildman–Crippen MR) is 80.1 cm³/mol. The molecule has 2 rings (SSSR count). The molecule has 1 aliphatic heterocycles. The quantitative estimate of drug-likeness (QED) is 0.897. The van der Waals surface area contributed by atoms with Gasteiger partial charge in [-0.2, -0.15) is 0 Å². The van der Waals surface area contributed by atoms with Gasteiger partial charge in [-0.15, -0.1) is 0 Å². The average Bonchev–Trinajstić information content (AvgIpc) is 2.45. The van der Waals surface area contributed by atoms with E-state index in [0.29, 0.717) is 12.1 Å². The first kappa shape index (κ1) is 15.4. The Morgan fingerprint density at radius 2 is 2.15 bits per heavy atom. The van der Waals surface area contributed by atoms with Crippen molar-refractivity contribution in [2.75, 3.05) is 13.1 Å². The van der Waals surface area contributed by atoms with Crippen LogP contribution in [0.1, 0.15) is 51.8 Å². The molecule has 1 fully saturated rings. The lowest BCUT2D eigenvalue weighted by Crippen LogP contribution is -2.46. The number of rotatable bonds is 5. The van der Waals surface area contributed by atoms with E-state index in [4.69, 9.17) is 0 Å². The van der Waals surface area contributed by atoms with Crippen LogP contribution in [0.3, 0.4) is 0 Å². The van der Waals surface area contributed by atoms with Gasteiger partial charge in [0, 0.05) is 24.7 Å². The van der Waals surface area contributed by atoms with Crippen molar-refractivity contribution in [1.29, 1.82) is 0 Å². The summed E-state index contributed by atoms with van der Waals surface area (Å²) in [5, 5.41) is 3.60. The van der Waals surface area contributed by atoms with Crippen molar-refractivity contribution in [1.82, 2.24) is 15.2 Å². The third kappa shape index (κ3) is 4.00. The molecule has 1 saturated heterocycles. The zero-order valence-electron chi connectivity index (χ0n) is 12.8.